The van der Waals surface area contributed by atoms with Crippen molar-refractivity contribution in [3.05, 3.63) is 29.8 Å². The van der Waals surface area contributed by atoms with Crippen molar-refractivity contribution in [1.82, 2.24) is 4.31 Å². The van der Waals surface area contributed by atoms with Gasteiger partial charge in [0.2, 0.25) is 0 Å². The maximum atomic E-state index is 12.4. The molecule has 0 aliphatic carbocycles. The van der Waals surface area contributed by atoms with Gasteiger partial charge in [-0.3, -0.25) is 0 Å². The zero-order valence-corrected chi connectivity index (χ0v) is 11.7. The standard InChI is InChI=1S/C14H21NOS/c1-11(2)13-6-8-14(9-7-13)17(16)15-10-4-5-12(15)3/h6-9,11-12H,4-5,10H2,1-3H3. The van der Waals surface area contributed by atoms with Gasteiger partial charge in [0.15, 0.2) is 0 Å². The second-order valence-corrected chi connectivity index (χ2v) is 6.54. The summed E-state index contributed by atoms with van der Waals surface area (Å²) in [4.78, 5) is 0.933. The summed E-state index contributed by atoms with van der Waals surface area (Å²) >= 11 is 0. The topological polar surface area (TPSA) is 20.3 Å². The third-order valence-electron chi connectivity index (χ3n) is 3.45. The highest BCUT2D eigenvalue weighted by Crippen LogP contribution is 2.23. The summed E-state index contributed by atoms with van der Waals surface area (Å²) in [6, 6.07) is 8.66. The summed E-state index contributed by atoms with van der Waals surface area (Å²) in [6.07, 6.45) is 2.33. The molecule has 1 saturated heterocycles. The summed E-state index contributed by atoms with van der Waals surface area (Å²) in [5, 5.41) is 0. The van der Waals surface area contributed by atoms with Gasteiger partial charge in [-0.1, -0.05) is 26.0 Å². The first-order chi connectivity index (χ1) is 8.09. The molecular formula is C14H21NOS. The molecule has 1 aliphatic rings. The Morgan fingerprint density at radius 3 is 2.41 bits per heavy atom. The second kappa shape index (κ2) is 5.32. The highest BCUT2D eigenvalue weighted by molar-refractivity contribution is 7.82. The maximum absolute atomic E-state index is 12.4. The molecule has 0 radical (unpaired) electrons. The number of rotatable bonds is 3. The molecule has 0 aromatic heterocycles. The number of hydrogen-bond acceptors (Lipinski definition) is 1. The maximum Gasteiger partial charge on any atom is 0.127 e. The summed E-state index contributed by atoms with van der Waals surface area (Å²) in [5.74, 6) is 0.531. The van der Waals surface area contributed by atoms with Crippen LogP contribution in [-0.2, 0) is 11.0 Å². The molecule has 2 atom stereocenters. The molecule has 1 aromatic carbocycles. The third-order valence-corrected chi connectivity index (χ3v) is 5.10. The fourth-order valence-electron chi connectivity index (χ4n) is 2.26. The molecule has 2 unspecified atom stereocenters. The SMILES string of the molecule is CC(C)c1ccc(S(=O)N2CCCC2C)cc1. The lowest BCUT2D eigenvalue weighted by Gasteiger charge is -2.19. The first kappa shape index (κ1) is 12.8. The van der Waals surface area contributed by atoms with Crippen LogP contribution in [0.25, 0.3) is 0 Å². The molecule has 0 spiro atoms. The van der Waals surface area contributed by atoms with E-state index in [4.69, 9.17) is 0 Å². The average molecular weight is 251 g/mol. The molecular weight excluding hydrogens is 230 g/mol. The van der Waals surface area contributed by atoms with E-state index in [9.17, 15) is 4.21 Å². The van der Waals surface area contributed by atoms with Crippen molar-refractivity contribution in [2.24, 2.45) is 0 Å². The van der Waals surface area contributed by atoms with E-state index in [1.165, 1.54) is 5.56 Å². The molecule has 0 amide bonds. The highest BCUT2D eigenvalue weighted by atomic mass is 32.2. The molecule has 1 heterocycles. The molecule has 2 nitrogen and oxygen atoms in total. The third kappa shape index (κ3) is 2.78. The normalized spacial score (nSPS) is 23.2. The average Bonchev–Trinajstić information content (AvgIpc) is 2.74. The van der Waals surface area contributed by atoms with Crippen LogP contribution in [0.5, 0.6) is 0 Å². The van der Waals surface area contributed by atoms with Crippen LogP contribution in [0, 0.1) is 0 Å². The second-order valence-electron chi connectivity index (χ2n) is 5.10. The quantitative estimate of drug-likeness (QED) is 0.807. The van der Waals surface area contributed by atoms with Gasteiger partial charge in [0.05, 0.1) is 4.90 Å². The Kier molecular flexibility index (Phi) is 4.00. The molecule has 1 aromatic rings. The van der Waals surface area contributed by atoms with Crippen LogP contribution in [0.1, 0.15) is 45.1 Å². The zero-order valence-electron chi connectivity index (χ0n) is 10.8. The molecule has 0 saturated carbocycles. The minimum atomic E-state index is -0.977. The fraction of sp³-hybridized carbons (Fsp3) is 0.571. The lowest BCUT2D eigenvalue weighted by Crippen LogP contribution is -2.28. The van der Waals surface area contributed by atoms with E-state index < -0.39 is 11.0 Å². The van der Waals surface area contributed by atoms with Crippen LogP contribution in [-0.4, -0.2) is 21.1 Å². The van der Waals surface area contributed by atoms with Crippen molar-refractivity contribution in [2.75, 3.05) is 6.54 Å². The minimum absolute atomic E-state index is 0.445. The van der Waals surface area contributed by atoms with Crippen LogP contribution in [0.15, 0.2) is 29.2 Å². The van der Waals surface area contributed by atoms with Crippen molar-refractivity contribution in [3.8, 4) is 0 Å². The van der Waals surface area contributed by atoms with Gasteiger partial charge < -0.3 is 0 Å². The van der Waals surface area contributed by atoms with E-state index in [1.807, 2.05) is 12.1 Å². The Hall–Kier alpha value is -0.670. The predicted octanol–water partition coefficient (Wildman–Crippen LogP) is 3.32. The van der Waals surface area contributed by atoms with Crippen LogP contribution < -0.4 is 0 Å². The smallest absolute Gasteiger partial charge is 0.127 e. The molecule has 2 rings (SSSR count). The largest absolute Gasteiger partial charge is 0.237 e. The predicted molar refractivity (Wildman–Crippen MR) is 72.3 cm³/mol. The first-order valence-corrected chi connectivity index (χ1v) is 7.48. The van der Waals surface area contributed by atoms with Crippen molar-refractivity contribution >= 4 is 11.0 Å². The lowest BCUT2D eigenvalue weighted by molar-refractivity contribution is 0.441. The molecule has 1 aliphatic heterocycles. The van der Waals surface area contributed by atoms with Crippen molar-refractivity contribution in [3.63, 3.8) is 0 Å². The zero-order chi connectivity index (χ0) is 12.4. The van der Waals surface area contributed by atoms with E-state index in [0.29, 0.717) is 12.0 Å². The minimum Gasteiger partial charge on any atom is -0.237 e. The van der Waals surface area contributed by atoms with Gasteiger partial charge in [-0.25, -0.2) is 8.51 Å². The van der Waals surface area contributed by atoms with Crippen LogP contribution in [0.2, 0.25) is 0 Å². The van der Waals surface area contributed by atoms with E-state index in [1.54, 1.807) is 0 Å². The van der Waals surface area contributed by atoms with Gasteiger partial charge >= 0.3 is 0 Å². The van der Waals surface area contributed by atoms with E-state index >= 15 is 0 Å². The molecule has 0 bridgehead atoms. The van der Waals surface area contributed by atoms with Crippen LogP contribution >= 0.6 is 0 Å². The monoisotopic (exact) mass is 251 g/mol. The summed E-state index contributed by atoms with van der Waals surface area (Å²) < 4.78 is 14.5. The molecule has 17 heavy (non-hydrogen) atoms. The number of benzene rings is 1. The van der Waals surface area contributed by atoms with Crippen LogP contribution in [0.4, 0.5) is 0 Å². The van der Waals surface area contributed by atoms with E-state index in [0.717, 1.165) is 24.3 Å². The Morgan fingerprint density at radius 2 is 1.94 bits per heavy atom. The molecule has 3 heteroatoms. The Bertz CT molecular complexity index is 399. The van der Waals surface area contributed by atoms with Gasteiger partial charge in [0.1, 0.15) is 11.0 Å². The molecule has 0 N–H and O–H groups in total. The number of nitrogens with zero attached hydrogens (tertiary/aromatic N) is 1. The van der Waals surface area contributed by atoms with Crippen molar-refractivity contribution in [1.29, 1.82) is 0 Å². The lowest BCUT2D eigenvalue weighted by atomic mass is 10.0. The van der Waals surface area contributed by atoms with Gasteiger partial charge in [-0.15, -0.1) is 0 Å². The first-order valence-electron chi connectivity index (χ1n) is 6.38. The van der Waals surface area contributed by atoms with Gasteiger partial charge in [0.25, 0.3) is 0 Å². The summed E-state index contributed by atoms with van der Waals surface area (Å²) in [7, 11) is -0.977. The molecule has 1 fully saturated rings. The Morgan fingerprint density at radius 1 is 1.29 bits per heavy atom. The van der Waals surface area contributed by atoms with Crippen molar-refractivity contribution in [2.45, 2.75) is 50.5 Å². The van der Waals surface area contributed by atoms with Gasteiger partial charge in [-0.2, -0.15) is 0 Å². The summed E-state index contributed by atoms with van der Waals surface area (Å²) in [6.45, 7) is 7.47. The summed E-state index contributed by atoms with van der Waals surface area (Å²) in [5.41, 5.74) is 1.31. The van der Waals surface area contributed by atoms with Crippen molar-refractivity contribution < 1.29 is 4.21 Å². The Labute approximate surface area is 107 Å². The highest BCUT2D eigenvalue weighted by Gasteiger charge is 2.26. The van der Waals surface area contributed by atoms with Gasteiger partial charge in [-0.05, 0) is 43.4 Å². The molecule has 94 valence electrons. The fourth-order valence-corrected chi connectivity index (χ4v) is 3.62. The number of hydrogen-bond donors (Lipinski definition) is 0. The van der Waals surface area contributed by atoms with Gasteiger partial charge in [0, 0.05) is 12.6 Å². The van der Waals surface area contributed by atoms with E-state index in [-0.39, 0.29) is 0 Å². The Balaban J connectivity index is 2.14. The van der Waals surface area contributed by atoms with Crippen LogP contribution in [0.3, 0.4) is 0 Å². The van der Waals surface area contributed by atoms with E-state index in [2.05, 4.69) is 37.2 Å².